The lowest BCUT2D eigenvalue weighted by Crippen LogP contribution is -2.56. The summed E-state index contributed by atoms with van der Waals surface area (Å²) in [6.07, 6.45) is 9.10. The van der Waals surface area contributed by atoms with Crippen LogP contribution in [0.1, 0.15) is 67.8 Å². The normalized spacial score (nSPS) is 34.9. The van der Waals surface area contributed by atoms with Gasteiger partial charge >= 0.3 is 0 Å². The van der Waals surface area contributed by atoms with E-state index in [0.29, 0.717) is 37.8 Å². The van der Waals surface area contributed by atoms with Gasteiger partial charge in [-0.1, -0.05) is 0 Å². The fraction of sp³-hybridized carbons (Fsp3) is 0.773. The van der Waals surface area contributed by atoms with E-state index in [2.05, 4.69) is 22.1 Å². The van der Waals surface area contributed by atoms with E-state index in [0.717, 1.165) is 42.8 Å². The van der Waals surface area contributed by atoms with Gasteiger partial charge in [0.15, 0.2) is 0 Å². The van der Waals surface area contributed by atoms with Crippen LogP contribution in [-0.2, 0) is 16.1 Å². The van der Waals surface area contributed by atoms with Gasteiger partial charge in [-0.15, -0.1) is 0 Å². The van der Waals surface area contributed by atoms with Gasteiger partial charge in [0.1, 0.15) is 11.5 Å². The Hall–Kier alpha value is -1.89. The third-order valence-corrected chi connectivity index (χ3v) is 7.81. The fourth-order valence-electron chi connectivity index (χ4n) is 6.91. The van der Waals surface area contributed by atoms with E-state index in [1.54, 1.807) is 7.11 Å². The molecule has 4 aliphatic carbocycles. The summed E-state index contributed by atoms with van der Waals surface area (Å²) in [6, 6.07) is -0.0928. The summed E-state index contributed by atoms with van der Waals surface area (Å²) in [5.41, 5.74) is 0.296. The molecule has 0 radical (unpaired) electrons. The van der Waals surface area contributed by atoms with Crippen LogP contribution in [0.5, 0.6) is 0 Å². The van der Waals surface area contributed by atoms with Crippen LogP contribution in [0.4, 0.5) is 0 Å². The first-order valence-electron chi connectivity index (χ1n) is 11.1. The molecule has 1 aromatic heterocycles. The number of hydrogen-bond acceptors (Lipinski definition) is 4. The predicted octanol–water partition coefficient (Wildman–Crippen LogP) is 2.38. The van der Waals surface area contributed by atoms with Crippen molar-refractivity contribution in [3.63, 3.8) is 0 Å². The molecule has 1 aliphatic heterocycles. The van der Waals surface area contributed by atoms with Crippen molar-refractivity contribution in [2.24, 2.45) is 23.2 Å². The van der Waals surface area contributed by atoms with Gasteiger partial charge < -0.3 is 19.5 Å². The van der Waals surface area contributed by atoms with E-state index in [1.807, 2.05) is 10.8 Å². The molecular formula is C22H32N4O3. The second kappa shape index (κ2) is 7.11. The van der Waals surface area contributed by atoms with Gasteiger partial charge in [0.05, 0.1) is 18.1 Å². The molecule has 0 aromatic carbocycles. The Morgan fingerprint density at radius 2 is 1.83 bits per heavy atom. The monoisotopic (exact) mass is 400 g/mol. The van der Waals surface area contributed by atoms with Crippen molar-refractivity contribution in [1.29, 1.82) is 0 Å². The van der Waals surface area contributed by atoms with E-state index >= 15 is 0 Å². The smallest absolute Gasteiger partial charge is 0.271 e. The highest BCUT2D eigenvalue weighted by atomic mass is 16.5. The molecule has 6 rings (SSSR count). The highest BCUT2D eigenvalue weighted by Crippen LogP contribution is 2.61. The van der Waals surface area contributed by atoms with E-state index in [4.69, 9.17) is 4.74 Å². The Morgan fingerprint density at radius 3 is 2.45 bits per heavy atom. The lowest BCUT2D eigenvalue weighted by molar-refractivity contribution is -0.161. The number of ether oxygens (including phenoxy) is 1. The molecule has 7 heteroatoms. The molecule has 7 nitrogen and oxygen atoms in total. The minimum atomic E-state index is -0.185. The first-order chi connectivity index (χ1) is 14.0. The maximum absolute atomic E-state index is 13.8. The summed E-state index contributed by atoms with van der Waals surface area (Å²) in [6.45, 7) is 4.40. The molecule has 29 heavy (non-hydrogen) atoms. The van der Waals surface area contributed by atoms with Crippen molar-refractivity contribution in [2.75, 3.05) is 26.8 Å². The van der Waals surface area contributed by atoms with Gasteiger partial charge in [0.25, 0.3) is 5.91 Å². The van der Waals surface area contributed by atoms with Crippen LogP contribution in [0.25, 0.3) is 0 Å². The molecule has 2 heterocycles. The third kappa shape index (κ3) is 3.18. The van der Waals surface area contributed by atoms with Crippen LogP contribution in [0, 0.1) is 23.2 Å². The average molecular weight is 401 g/mol. The van der Waals surface area contributed by atoms with Gasteiger partial charge in [0.2, 0.25) is 5.91 Å². The third-order valence-electron chi connectivity index (χ3n) is 7.81. The second-order valence-electron chi connectivity index (χ2n) is 9.80. The van der Waals surface area contributed by atoms with Crippen molar-refractivity contribution in [1.82, 2.24) is 19.8 Å². The summed E-state index contributed by atoms with van der Waals surface area (Å²) in [5.74, 6) is 3.27. The molecule has 0 saturated heterocycles. The highest BCUT2D eigenvalue weighted by Gasteiger charge is 2.56. The Bertz CT molecular complexity index is 782. The SMILES string of the molecule is COCCNC(=O)c1cn2c(n1)[C@H](C)N(C(=O)C13CC4CC(CC(C4)C1)C3)CC2. The number of fused-ring (bicyclic) bond motifs is 1. The van der Waals surface area contributed by atoms with Crippen LogP contribution in [-0.4, -0.2) is 53.1 Å². The molecule has 0 unspecified atom stereocenters. The summed E-state index contributed by atoms with van der Waals surface area (Å²) in [7, 11) is 1.61. The number of rotatable bonds is 5. The summed E-state index contributed by atoms with van der Waals surface area (Å²) in [4.78, 5) is 32.8. The number of imidazole rings is 1. The second-order valence-corrected chi connectivity index (χ2v) is 9.80. The number of nitrogens with zero attached hydrogens (tertiary/aromatic N) is 3. The van der Waals surface area contributed by atoms with Crippen LogP contribution in [0.15, 0.2) is 6.20 Å². The van der Waals surface area contributed by atoms with Crippen molar-refractivity contribution < 1.29 is 14.3 Å². The van der Waals surface area contributed by atoms with Crippen LogP contribution < -0.4 is 5.32 Å². The molecule has 0 spiro atoms. The zero-order valence-corrected chi connectivity index (χ0v) is 17.5. The standard InChI is InChI=1S/C22H32N4O3/c1-14-19-24-18(20(27)23-3-6-29-2)13-25(19)4-5-26(14)21(28)22-10-15-7-16(11-22)9-17(8-15)12-22/h13-17H,3-12H2,1-2H3,(H,23,27)/t14-,15?,16?,17?,22?/m0/s1. The molecule has 4 fully saturated rings. The zero-order chi connectivity index (χ0) is 20.2. The summed E-state index contributed by atoms with van der Waals surface area (Å²) < 4.78 is 7.02. The van der Waals surface area contributed by atoms with Gasteiger partial charge in [0, 0.05) is 32.9 Å². The molecule has 1 aromatic rings. The Morgan fingerprint density at radius 1 is 1.17 bits per heavy atom. The van der Waals surface area contributed by atoms with E-state index in [-0.39, 0.29) is 17.4 Å². The van der Waals surface area contributed by atoms with Crippen molar-refractivity contribution >= 4 is 11.8 Å². The largest absolute Gasteiger partial charge is 0.383 e. The van der Waals surface area contributed by atoms with Crippen LogP contribution in [0.2, 0.25) is 0 Å². The molecule has 1 atom stereocenters. The number of carbonyl (C=O) groups excluding carboxylic acids is 2. The number of amides is 2. The topological polar surface area (TPSA) is 76.5 Å². The van der Waals surface area contributed by atoms with Crippen molar-refractivity contribution in [3.8, 4) is 0 Å². The first-order valence-corrected chi connectivity index (χ1v) is 11.1. The zero-order valence-electron chi connectivity index (χ0n) is 17.5. The quantitative estimate of drug-likeness (QED) is 0.770. The predicted molar refractivity (Wildman–Crippen MR) is 107 cm³/mol. The number of carbonyl (C=O) groups is 2. The molecule has 5 aliphatic rings. The molecule has 4 bridgehead atoms. The minimum absolute atomic E-state index is 0.0928. The van der Waals surface area contributed by atoms with Gasteiger partial charge in [-0.3, -0.25) is 9.59 Å². The van der Waals surface area contributed by atoms with E-state index < -0.39 is 0 Å². The Kier molecular flexibility index (Phi) is 4.68. The van der Waals surface area contributed by atoms with Crippen LogP contribution >= 0.6 is 0 Å². The fourth-order valence-corrected chi connectivity index (χ4v) is 6.91. The lowest BCUT2D eigenvalue weighted by atomic mass is 9.49. The summed E-state index contributed by atoms with van der Waals surface area (Å²) >= 11 is 0. The first kappa shape index (κ1) is 19.1. The number of aromatic nitrogens is 2. The van der Waals surface area contributed by atoms with Crippen molar-refractivity contribution in [3.05, 3.63) is 17.7 Å². The maximum Gasteiger partial charge on any atom is 0.271 e. The number of methoxy groups -OCH3 is 1. The molecule has 4 saturated carbocycles. The molecule has 1 N–H and O–H groups in total. The van der Waals surface area contributed by atoms with Gasteiger partial charge in [-0.2, -0.15) is 0 Å². The van der Waals surface area contributed by atoms with E-state index in [1.165, 1.54) is 19.3 Å². The summed E-state index contributed by atoms with van der Waals surface area (Å²) in [5, 5.41) is 2.83. The highest BCUT2D eigenvalue weighted by molar-refractivity contribution is 5.92. The van der Waals surface area contributed by atoms with Gasteiger partial charge in [-0.05, 0) is 63.2 Å². The minimum Gasteiger partial charge on any atom is -0.383 e. The Labute approximate surface area is 172 Å². The van der Waals surface area contributed by atoms with E-state index in [9.17, 15) is 9.59 Å². The van der Waals surface area contributed by atoms with Crippen molar-refractivity contribution in [2.45, 2.75) is 58.0 Å². The number of nitrogens with one attached hydrogen (secondary N) is 1. The van der Waals surface area contributed by atoms with Crippen LogP contribution in [0.3, 0.4) is 0 Å². The Balaban J connectivity index is 1.33. The molecular weight excluding hydrogens is 368 g/mol. The molecule has 2 amide bonds. The van der Waals surface area contributed by atoms with Gasteiger partial charge in [-0.25, -0.2) is 4.98 Å². The average Bonchev–Trinajstić information content (AvgIpc) is 3.12. The number of hydrogen-bond donors (Lipinski definition) is 1. The lowest BCUT2D eigenvalue weighted by Gasteiger charge is -2.57. The maximum atomic E-state index is 13.8. The molecule has 158 valence electrons.